The Morgan fingerprint density at radius 1 is 1.52 bits per heavy atom. The smallest absolute Gasteiger partial charge is 0.263 e. The minimum atomic E-state index is -0.308. The molecule has 2 atom stereocenters. The van der Waals surface area contributed by atoms with Crippen LogP contribution >= 0.6 is 23.1 Å². The second-order valence-electron chi connectivity index (χ2n) is 5.25. The molecule has 4 nitrogen and oxygen atoms in total. The summed E-state index contributed by atoms with van der Waals surface area (Å²) in [7, 11) is 0. The van der Waals surface area contributed by atoms with Gasteiger partial charge < -0.3 is 5.11 Å². The largest absolute Gasteiger partial charge is 0.392 e. The van der Waals surface area contributed by atoms with Gasteiger partial charge in [-0.3, -0.25) is 9.36 Å². The Morgan fingerprint density at radius 3 is 3.10 bits per heavy atom. The van der Waals surface area contributed by atoms with Gasteiger partial charge in [-0.1, -0.05) is 30.7 Å². The van der Waals surface area contributed by atoms with Crippen molar-refractivity contribution in [3.8, 4) is 0 Å². The van der Waals surface area contributed by atoms with E-state index in [1.165, 1.54) is 23.1 Å². The summed E-state index contributed by atoms with van der Waals surface area (Å²) in [4.78, 5) is 17.9. The van der Waals surface area contributed by atoms with Gasteiger partial charge >= 0.3 is 0 Å². The van der Waals surface area contributed by atoms with Gasteiger partial charge in [0.2, 0.25) is 0 Å². The molecule has 112 valence electrons. The zero-order chi connectivity index (χ0) is 14.8. The van der Waals surface area contributed by atoms with Crippen LogP contribution in [0.3, 0.4) is 0 Å². The third-order valence-corrected chi connectivity index (χ3v) is 5.97. The SMILES string of the molecule is C=CCn1c(SC2CCCCC2O)nc2sccc2c1=O. The van der Waals surface area contributed by atoms with E-state index >= 15 is 0 Å². The van der Waals surface area contributed by atoms with Gasteiger partial charge in [0.15, 0.2) is 5.16 Å². The number of allylic oxidation sites excluding steroid dienone is 1. The first-order chi connectivity index (χ1) is 10.2. The van der Waals surface area contributed by atoms with Gasteiger partial charge in [-0.15, -0.1) is 17.9 Å². The summed E-state index contributed by atoms with van der Waals surface area (Å²) in [6.45, 7) is 4.17. The predicted octanol–water partition coefficient (Wildman–Crippen LogP) is 3.04. The lowest BCUT2D eigenvalue weighted by atomic mass is 9.97. The minimum absolute atomic E-state index is 0.0195. The Balaban J connectivity index is 2.01. The molecule has 2 aromatic heterocycles. The van der Waals surface area contributed by atoms with E-state index in [-0.39, 0.29) is 16.9 Å². The molecule has 21 heavy (non-hydrogen) atoms. The van der Waals surface area contributed by atoms with Gasteiger partial charge in [0, 0.05) is 11.8 Å². The monoisotopic (exact) mass is 322 g/mol. The fourth-order valence-corrected chi connectivity index (χ4v) is 4.75. The number of nitrogens with zero attached hydrogens (tertiary/aromatic N) is 2. The van der Waals surface area contributed by atoms with Crippen LogP contribution in [0.5, 0.6) is 0 Å². The van der Waals surface area contributed by atoms with Gasteiger partial charge in [-0.2, -0.15) is 0 Å². The van der Waals surface area contributed by atoms with E-state index in [4.69, 9.17) is 0 Å². The van der Waals surface area contributed by atoms with Crippen LogP contribution in [0.25, 0.3) is 10.2 Å². The highest BCUT2D eigenvalue weighted by atomic mass is 32.2. The molecule has 0 spiro atoms. The molecule has 1 N–H and O–H groups in total. The van der Waals surface area contributed by atoms with Crippen LogP contribution in [-0.2, 0) is 6.54 Å². The lowest BCUT2D eigenvalue weighted by Gasteiger charge is -2.27. The molecule has 0 radical (unpaired) electrons. The zero-order valence-corrected chi connectivity index (χ0v) is 13.3. The third-order valence-electron chi connectivity index (χ3n) is 3.78. The standard InChI is InChI=1S/C15H18N2O2S2/c1-2-8-17-14(19)10-7-9-20-13(10)16-15(17)21-12-6-4-3-5-11(12)18/h2,7,9,11-12,18H,1,3-6,8H2. The summed E-state index contributed by atoms with van der Waals surface area (Å²) >= 11 is 3.01. The first-order valence-electron chi connectivity index (χ1n) is 7.14. The molecular weight excluding hydrogens is 304 g/mol. The van der Waals surface area contributed by atoms with Crippen molar-refractivity contribution in [3.05, 3.63) is 34.5 Å². The Hall–Kier alpha value is -1.11. The molecule has 2 heterocycles. The van der Waals surface area contributed by atoms with Crippen LogP contribution in [0.15, 0.2) is 34.1 Å². The Morgan fingerprint density at radius 2 is 2.33 bits per heavy atom. The number of aliphatic hydroxyl groups excluding tert-OH is 1. The van der Waals surface area contributed by atoms with Crippen molar-refractivity contribution in [2.75, 3.05) is 0 Å². The summed E-state index contributed by atoms with van der Waals surface area (Å²) in [5.41, 5.74) is -0.0195. The van der Waals surface area contributed by atoms with E-state index in [0.29, 0.717) is 17.1 Å². The highest BCUT2D eigenvalue weighted by Gasteiger charge is 2.26. The predicted molar refractivity (Wildman–Crippen MR) is 88.2 cm³/mol. The molecule has 6 heteroatoms. The van der Waals surface area contributed by atoms with Gasteiger partial charge in [0.05, 0.1) is 11.5 Å². The first kappa shape index (κ1) is 14.8. The fraction of sp³-hybridized carbons (Fsp3) is 0.467. The van der Waals surface area contributed by atoms with Crippen molar-refractivity contribution in [1.82, 2.24) is 9.55 Å². The second kappa shape index (κ2) is 6.34. The van der Waals surface area contributed by atoms with E-state index in [9.17, 15) is 9.90 Å². The average Bonchev–Trinajstić information content (AvgIpc) is 2.94. The van der Waals surface area contributed by atoms with Gasteiger partial charge in [-0.25, -0.2) is 4.98 Å². The Kier molecular flexibility index (Phi) is 4.47. The molecule has 1 aliphatic carbocycles. The van der Waals surface area contributed by atoms with Crippen LogP contribution in [0.1, 0.15) is 25.7 Å². The number of rotatable bonds is 4. The van der Waals surface area contributed by atoms with Crippen LogP contribution < -0.4 is 5.56 Å². The van der Waals surface area contributed by atoms with E-state index in [1.54, 1.807) is 10.6 Å². The van der Waals surface area contributed by atoms with Gasteiger partial charge in [0.25, 0.3) is 5.56 Å². The van der Waals surface area contributed by atoms with E-state index in [0.717, 1.165) is 30.5 Å². The normalized spacial score (nSPS) is 22.5. The lowest BCUT2D eigenvalue weighted by Crippen LogP contribution is -2.29. The van der Waals surface area contributed by atoms with Crippen molar-refractivity contribution in [2.24, 2.45) is 0 Å². The Labute approximate surface area is 131 Å². The van der Waals surface area contributed by atoms with Crippen LogP contribution in [0.4, 0.5) is 0 Å². The van der Waals surface area contributed by atoms with Crippen LogP contribution in [-0.4, -0.2) is 26.0 Å². The zero-order valence-electron chi connectivity index (χ0n) is 11.7. The number of hydrogen-bond donors (Lipinski definition) is 1. The van der Waals surface area contributed by atoms with E-state index in [2.05, 4.69) is 11.6 Å². The molecule has 1 saturated carbocycles. The molecule has 0 bridgehead atoms. The van der Waals surface area contributed by atoms with E-state index in [1.807, 2.05) is 11.4 Å². The van der Waals surface area contributed by atoms with Crippen LogP contribution in [0.2, 0.25) is 0 Å². The number of thioether (sulfide) groups is 1. The molecule has 1 fully saturated rings. The second-order valence-corrected chi connectivity index (χ2v) is 7.35. The topological polar surface area (TPSA) is 55.1 Å². The molecule has 2 unspecified atom stereocenters. The summed E-state index contributed by atoms with van der Waals surface area (Å²) in [6.07, 6.45) is 5.42. The third kappa shape index (κ3) is 2.93. The molecular formula is C15H18N2O2S2. The minimum Gasteiger partial charge on any atom is -0.392 e. The maximum atomic E-state index is 12.5. The average molecular weight is 322 g/mol. The maximum Gasteiger partial charge on any atom is 0.263 e. The fourth-order valence-electron chi connectivity index (χ4n) is 2.66. The van der Waals surface area contributed by atoms with Crippen molar-refractivity contribution in [2.45, 2.75) is 48.7 Å². The number of aromatic nitrogens is 2. The molecule has 3 rings (SSSR count). The lowest BCUT2D eigenvalue weighted by molar-refractivity contribution is 0.136. The van der Waals surface area contributed by atoms with Gasteiger partial charge in [0.1, 0.15) is 4.83 Å². The van der Waals surface area contributed by atoms with E-state index < -0.39 is 0 Å². The van der Waals surface area contributed by atoms with Gasteiger partial charge in [-0.05, 0) is 24.3 Å². The Bertz CT molecular complexity index is 707. The summed E-state index contributed by atoms with van der Waals surface area (Å²) in [5.74, 6) is 0. The van der Waals surface area contributed by atoms with Crippen LogP contribution in [0, 0.1) is 0 Å². The number of hydrogen-bond acceptors (Lipinski definition) is 5. The van der Waals surface area contributed by atoms with Crippen molar-refractivity contribution >= 4 is 33.3 Å². The molecule has 2 aromatic rings. The molecule has 0 saturated heterocycles. The number of thiophene rings is 1. The first-order valence-corrected chi connectivity index (χ1v) is 8.90. The highest BCUT2D eigenvalue weighted by molar-refractivity contribution is 7.99. The van der Waals surface area contributed by atoms with Crippen molar-refractivity contribution < 1.29 is 5.11 Å². The summed E-state index contributed by atoms with van der Waals surface area (Å²) < 4.78 is 1.66. The number of aliphatic hydroxyl groups is 1. The summed E-state index contributed by atoms with van der Waals surface area (Å²) in [6, 6.07) is 1.82. The summed E-state index contributed by atoms with van der Waals surface area (Å²) in [5, 5.41) is 13.5. The molecule has 1 aliphatic rings. The molecule has 0 amide bonds. The quantitative estimate of drug-likeness (QED) is 0.694. The highest BCUT2D eigenvalue weighted by Crippen LogP contribution is 2.33. The van der Waals surface area contributed by atoms with Crippen molar-refractivity contribution in [3.63, 3.8) is 0 Å². The number of fused-ring (bicyclic) bond motifs is 1. The maximum absolute atomic E-state index is 12.5. The van der Waals surface area contributed by atoms with Crippen molar-refractivity contribution in [1.29, 1.82) is 0 Å². The molecule has 0 aliphatic heterocycles. The molecule has 0 aromatic carbocycles.